The van der Waals surface area contributed by atoms with Crippen LogP contribution in [0.4, 0.5) is 5.69 Å². The molecule has 0 aliphatic carbocycles. The van der Waals surface area contributed by atoms with Crippen LogP contribution in [0.1, 0.15) is 10.4 Å². The van der Waals surface area contributed by atoms with Crippen molar-refractivity contribution in [2.24, 2.45) is 0 Å². The van der Waals surface area contributed by atoms with Gasteiger partial charge in [0.05, 0.1) is 17.1 Å². The predicted octanol–water partition coefficient (Wildman–Crippen LogP) is 0.311. The highest BCUT2D eigenvalue weighted by Gasteiger charge is 2.28. The van der Waals surface area contributed by atoms with E-state index in [2.05, 4.69) is 10.6 Å². The summed E-state index contributed by atoms with van der Waals surface area (Å²) < 4.78 is 5.24. The lowest BCUT2D eigenvalue weighted by Crippen LogP contribution is -2.43. The lowest BCUT2D eigenvalue weighted by atomic mass is 10.1. The van der Waals surface area contributed by atoms with Crippen LogP contribution in [0.2, 0.25) is 0 Å². The van der Waals surface area contributed by atoms with E-state index in [-0.39, 0.29) is 29.3 Å². The van der Waals surface area contributed by atoms with Gasteiger partial charge in [-0.05, 0) is 6.07 Å². The molecule has 1 aromatic carbocycles. The van der Waals surface area contributed by atoms with Gasteiger partial charge in [-0.2, -0.15) is 0 Å². The zero-order chi connectivity index (χ0) is 13.8. The van der Waals surface area contributed by atoms with Gasteiger partial charge in [0.25, 0.3) is 11.6 Å². The van der Waals surface area contributed by atoms with Crippen molar-refractivity contribution in [3.05, 3.63) is 39.9 Å². The maximum atomic E-state index is 12.0. The Kier molecular flexibility index (Phi) is 4.08. The van der Waals surface area contributed by atoms with Crippen molar-refractivity contribution in [3.8, 4) is 0 Å². The fourth-order valence-corrected chi connectivity index (χ4v) is 2.06. The van der Waals surface area contributed by atoms with Crippen LogP contribution in [0.25, 0.3) is 0 Å². The van der Waals surface area contributed by atoms with E-state index in [4.69, 9.17) is 4.74 Å². The number of non-ortho nitro benzene ring substituents is 1. The average molecular weight is 265 g/mol. The fraction of sp³-hybridized carbons (Fsp3) is 0.417. The van der Waals surface area contributed by atoms with Gasteiger partial charge in [0.15, 0.2) is 0 Å². The lowest BCUT2D eigenvalue weighted by molar-refractivity contribution is -0.384. The van der Waals surface area contributed by atoms with Crippen LogP contribution in [-0.2, 0) is 4.74 Å². The predicted molar refractivity (Wildman–Crippen MR) is 68.0 cm³/mol. The van der Waals surface area contributed by atoms with Crippen molar-refractivity contribution in [3.63, 3.8) is 0 Å². The van der Waals surface area contributed by atoms with Crippen LogP contribution < -0.4 is 10.6 Å². The van der Waals surface area contributed by atoms with Crippen LogP contribution in [-0.4, -0.2) is 43.2 Å². The minimum atomic E-state index is -0.522. The summed E-state index contributed by atoms with van der Waals surface area (Å²) in [4.78, 5) is 22.2. The van der Waals surface area contributed by atoms with E-state index in [1.807, 2.05) is 0 Å². The molecule has 2 atom stereocenters. The van der Waals surface area contributed by atoms with E-state index in [0.717, 1.165) is 0 Å². The molecule has 2 rings (SSSR count). The molecule has 19 heavy (non-hydrogen) atoms. The summed E-state index contributed by atoms with van der Waals surface area (Å²) in [6.45, 7) is 1.30. The maximum Gasteiger partial charge on any atom is 0.270 e. The second-order valence-corrected chi connectivity index (χ2v) is 4.32. The number of nitro benzene ring substituents is 1. The molecule has 0 aromatic heterocycles. The van der Waals surface area contributed by atoms with Crippen molar-refractivity contribution in [2.75, 3.05) is 20.2 Å². The number of nitro groups is 1. The third-order valence-electron chi connectivity index (χ3n) is 3.10. The first kappa shape index (κ1) is 13.4. The largest absolute Gasteiger partial charge is 0.378 e. The average Bonchev–Trinajstić information content (AvgIpc) is 2.86. The minimum absolute atomic E-state index is 0.0809. The SMILES string of the molecule is CO[C@H]1CNCC1NC(=O)c1cccc([N+](=O)[O-])c1. The number of ether oxygens (including phenoxy) is 1. The third kappa shape index (κ3) is 3.07. The quantitative estimate of drug-likeness (QED) is 0.603. The Labute approximate surface area is 110 Å². The van der Waals surface area contributed by atoms with Gasteiger partial charge in [0, 0.05) is 37.9 Å². The maximum absolute atomic E-state index is 12.0. The molecule has 7 heteroatoms. The number of hydrogen-bond donors (Lipinski definition) is 2. The molecule has 1 unspecified atom stereocenters. The molecule has 1 aliphatic rings. The second kappa shape index (κ2) is 5.77. The Hall–Kier alpha value is -1.99. The van der Waals surface area contributed by atoms with E-state index in [9.17, 15) is 14.9 Å². The molecule has 0 radical (unpaired) electrons. The van der Waals surface area contributed by atoms with Crippen LogP contribution in [0, 0.1) is 10.1 Å². The molecule has 0 bridgehead atoms. The highest BCUT2D eigenvalue weighted by atomic mass is 16.6. The Morgan fingerprint density at radius 3 is 3.00 bits per heavy atom. The summed E-state index contributed by atoms with van der Waals surface area (Å²) in [7, 11) is 1.59. The van der Waals surface area contributed by atoms with Gasteiger partial charge in [0.2, 0.25) is 0 Å². The Bertz CT molecular complexity index is 492. The number of benzene rings is 1. The number of methoxy groups -OCH3 is 1. The van der Waals surface area contributed by atoms with Crippen LogP contribution in [0.3, 0.4) is 0 Å². The topological polar surface area (TPSA) is 93.5 Å². The monoisotopic (exact) mass is 265 g/mol. The molecule has 1 saturated heterocycles. The van der Waals surface area contributed by atoms with E-state index in [1.54, 1.807) is 13.2 Å². The highest BCUT2D eigenvalue weighted by molar-refractivity contribution is 5.95. The number of carbonyl (C=O) groups is 1. The normalized spacial score (nSPS) is 22.2. The molecule has 7 nitrogen and oxygen atoms in total. The number of amides is 1. The minimum Gasteiger partial charge on any atom is -0.378 e. The lowest BCUT2D eigenvalue weighted by Gasteiger charge is -2.18. The van der Waals surface area contributed by atoms with Gasteiger partial charge in [-0.25, -0.2) is 0 Å². The molecule has 1 amide bonds. The fourth-order valence-electron chi connectivity index (χ4n) is 2.06. The Balaban J connectivity index is 2.07. The first-order valence-corrected chi connectivity index (χ1v) is 5.90. The van der Waals surface area contributed by atoms with Gasteiger partial charge in [-0.15, -0.1) is 0 Å². The summed E-state index contributed by atoms with van der Waals surface area (Å²) >= 11 is 0. The molecule has 1 aliphatic heterocycles. The molecule has 102 valence electrons. The highest BCUT2D eigenvalue weighted by Crippen LogP contribution is 2.13. The van der Waals surface area contributed by atoms with Crippen molar-refractivity contribution in [1.82, 2.24) is 10.6 Å². The summed E-state index contributed by atoms with van der Waals surface area (Å²) in [6.07, 6.45) is -0.0809. The number of nitrogens with zero attached hydrogens (tertiary/aromatic N) is 1. The Morgan fingerprint density at radius 1 is 1.53 bits per heavy atom. The van der Waals surface area contributed by atoms with Gasteiger partial charge in [-0.3, -0.25) is 14.9 Å². The number of nitrogens with one attached hydrogen (secondary N) is 2. The summed E-state index contributed by atoms with van der Waals surface area (Å²) in [5, 5.41) is 16.6. The van der Waals surface area contributed by atoms with Crippen molar-refractivity contribution in [1.29, 1.82) is 0 Å². The van der Waals surface area contributed by atoms with Crippen molar-refractivity contribution in [2.45, 2.75) is 12.1 Å². The van der Waals surface area contributed by atoms with Crippen molar-refractivity contribution >= 4 is 11.6 Å². The third-order valence-corrected chi connectivity index (χ3v) is 3.10. The van der Waals surface area contributed by atoms with Gasteiger partial charge in [-0.1, -0.05) is 6.07 Å². The van der Waals surface area contributed by atoms with Gasteiger partial charge >= 0.3 is 0 Å². The summed E-state index contributed by atoms with van der Waals surface area (Å²) in [6, 6.07) is 5.53. The Morgan fingerprint density at radius 2 is 2.32 bits per heavy atom. The molecule has 0 saturated carbocycles. The summed E-state index contributed by atoms with van der Waals surface area (Å²) in [5.41, 5.74) is 0.177. The molecule has 0 spiro atoms. The van der Waals surface area contributed by atoms with E-state index >= 15 is 0 Å². The standard InChI is InChI=1S/C12H15N3O4/c1-19-11-7-13-6-10(11)14-12(16)8-3-2-4-9(5-8)15(17)18/h2-5,10-11,13H,6-7H2,1H3,(H,14,16)/t10?,11-/m0/s1. The first-order chi connectivity index (χ1) is 9.11. The molecular weight excluding hydrogens is 250 g/mol. The van der Waals surface area contributed by atoms with Crippen molar-refractivity contribution < 1.29 is 14.5 Å². The van der Waals surface area contributed by atoms with E-state index < -0.39 is 4.92 Å². The zero-order valence-electron chi connectivity index (χ0n) is 10.5. The molecule has 1 aromatic rings. The number of carbonyl (C=O) groups excluding carboxylic acids is 1. The van der Waals surface area contributed by atoms with Gasteiger partial charge < -0.3 is 15.4 Å². The number of rotatable bonds is 4. The second-order valence-electron chi connectivity index (χ2n) is 4.32. The van der Waals surface area contributed by atoms with E-state index in [0.29, 0.717) is 13.1 Å². The molecule has 2 N–H and O–H groups in total. The molecule has 1 heterocycles. The van der Waals surface area contributed by atoms with E-state index in [1.165, 1.54) is 18.2 Å². The van der Waals surface area contributed by atoms with Gasteiger partial charge in [0.1, 0.15) is 0 Å². The zero-order valence-corrected chi connectivity index (χ0v) is 10.5. The first-order valence-electron chi connectivity index (χ1n) is 5.90. The number of hydrogen-bond acceptors (Lipinski definition) is 5. The molecule has 1 fully saturated rings. The smallest absolute Gasteiger partial charge is 0.270 e. The van der Waals surface area contributed by atoms with Crippen LogP contribution in [0.15, 0.2) is 24.3 Å². The molecular formula is C12H15N3O4. The van der Waals surface area contributed by atoms with Crippen LogP contribution >= 0.6 is 0 Å². The van der Waals surface area contributed by atoms with Crippen LogP contribution in [0.5, 0.6) is 0 Å². The summed E-state index contributed by atoms with van der Waals surface area (Å²) in [5.74, 6) is -0.334.